The number of hydrogen-bond donors (Lipinski definition) is 1. The van der Waals surface area contributed by atoms with Gasteiger partial charge in [-0.15, -0.1) is 11.8 Å². The van der Waals surface area contributed by atoms with Crippen molar-refractivity contribution in [3.8, 4) is 0 Å². The molecule has 1 heterocycles. The highest BCUT2D eigenvalue weighted by Crippen LogP contribution is 2.46. The molecule has 0 bridgehead atoms. The van der Waals surface area contributed by atoms with Gasteiger partial charge < -0.3 is 10.0 Å². The van der Waals surface area contributed by atoms with E-state index in [-0.39, 0.29) is 5.91 Å². The van der Waals surface area contributed by atoms with Gasteiger partial charge in [0.15, 0.2) is 0 Å². The lowest BCUT2D eigenvalue weighted by Crippen LogP contribution is -2.41. The summed E-state index contributed by atoms with van der Waals surface area (Å²) in [6.45, 7) is 1.35. The molecule has 1 saturated heterocycles. The number of halogens is 2. The average Bonchev–Trinajstić information content (AvgIpc) is 2.73. The lowest BCUT2D eigenvalue weighted by Gasteiger charge is -2.27. The Morgan fingerprint density at radius 1 is 1.37 bits per heavy atom. The van der Waals surface area contributed by atoms with Crippen LogP contribution in [-0.4, -0.2) is 33.7 Å². The first kappa shape index (κ1) is 14.5. The molecule has 0 aromatic heterocycles. The van der Waals surface area contributed by atoms with E-state index in [1.807, 2.05) is 0 Å². The van der Waals surface area contributed by atoms with Crippen molar-refractivity contribution in [2.45, 2.75) is 18.3 Å². The monoisotopic (exact) mass is 319 g/mol. The molecule has 1 amide bonds. The smallest absolute Gasteiger partial charge is 0.327 e. The van der Waals surface area contributed by atoms with Crippen LogP contribution < -0.4 is 0 Å². The third-order valence-corrected chi connectivity index (χ3v) is 4.84. The van der Waals surface area contributed by atoms with Crippen LogP contribution in [0.4, 0.5) is 0 Å². The molecule has 1 aliphatic rings. The first-order valence-electron chi connectivity index (χ1n) is 5.50. The summed E-state index contributed by atoms with van der Waals surface area (Å²) in [6.07, 6.45) is 0. The summed E-state index contributed by atoms with van der Waals surface area (Å²) in [6, 6.07) is 4.21. The molecule has 19 heavy (non-hydrogen) atoms. The van der Waals surface area contributed by atoms with Crippen LogP contribution in [0, 0.1) is 0 Å². The molecule has 2 rings (SSSR count). The molecular weight excluding hydrogens is 309 g/mol. The zero-order chi connectivity index (χ0) is 14.2. The van der Waals surface area contributed by atoms with Gasteiger partial charge in [0.1, 0.15) is 11.4 Å². The molecule has 2 atom stereocenters. The normalized spacial score (nSPS) is 22.6. The Kier molecular flexibility index (Phi) is 4.28. The van der Waals surface area contributed by atoms with Crippen LogP contribution in [0.2, 0.25) is 10.0 Å². The lowest BCUT2D eigenvalue weighted by atomic mass is 10.1. The third kappa shape index (κ3) is 2.68. The molecule has 7 heteroatoms. The van der Waals surface area contributed by atoms with Crippen molar-refractivity contribution in [2.75, 3.05) is 5.75 Å². The van der Waals surface area contributed by atoms with Crippen LogP contribution >= 0.6 is 35.0 Å². The summed E-state index contributed by atoms with van der Waals surface area (Å²) >= 11 is 13.6. The molecule has 1 aromatic rings. The van der Waals surface area contributed by atoms with Gasteiger partial charge in [0.05, 0.1) is 0 Å². The fraction of sp³-hybridized carbons (Fsp3) is 0.333. The second-order valence-corrected chi connectivity index (χ2v) is 6.03. The molecule has 4 nitrogen and oxygen atoms in total. The highest BCUT2D eigenvalue weighted by atomic mass is 35.5. The Hall–Kier alpha value is -0.910. The molecule has 0 saturated carbocycles. The number of benzene rings is 1. The third-order valence-electron chi connectivity index (χ3n) is 2.90. The molecule has 1 aliphatic heterocycles. The quantitative estimate of drug-likeness (QED) is 0.910. The van der Waals surface area contributed by atoms with Crippen LogP contribution in [0.1, 0.15) is 17.9 Å². The van der Waals surface area contributed by atoms with Gasteiger partial charge in [-0.1, -0.05) is 29.3 Å². The van der Waals surface area contributed by atoms with Crippen molar-refractivity contribution in [1.29, 1.82) is 0 Å². The van der Waals surface area contributed by atoms with Crippen LogP contribution in [0.5, 0.6) is 0 Å². The Balaban J connectivity index is 2.45. The van der Waals surface area contributed by atoms with E-state index in [1.165, 1.54) is 23.6 Å². The largest absolute Gasteiger partial charge is 0.480 e. The Bertz CT molecular complexity index is 517. The summed E-state index contributed by atoms with van der Waals surface area (Å²) in [4.78, 5) is 24.2. The lowest BCUT2D eigenvalue weighted by molar-refractivity contribution is -0.148. The van der Waals surface area contributed by atoms with Gasteiger partial charge in [-0.05, 0) is 12.1 Å². The van der Waals surface area contributed by atoms with Crippen molar-refractivity contribution in [3.63, 3.8) is 0 Å². The maximum atomic E-state index is 11.7. The Morgan fingerprint density at radius 2 is 1.95 bits per heavy atom. The SMILES string of the molecule is CC(=O)N1C(C(=O)O)CSC1c1c(Cl)cccc1Cl. The summed E-state index contributed by atoms with van der Waals surface area (Å²) in [5.41, 5.74) is 0.592. The number of carbonyl (C=O) groups excluding carboxylic acids is 1. The van der Waals surface area contributed by atoms with Crippen LogP contribution in [0.15, 0.2) is 18.2 Å². The maximum absolute atomic E-state index is 11.7. The molecule has 1 fully saturated rings. The topological polar surface area (TPSA) is 57.6 Å². The van der Waals surface area contributed by atoms with E-state index in [0.717, 1.165) is 0 Å². The average molecular weight is 320 g/mol. The van der Waals surface area contributed by atoms with Gasteiger partial charge in [-0.3, -0.25) is 4.79 Å². The highest BCUT2D eigenvalue weighted by molar-refractivity contribution is 7.99. The van der Waals surface area contributed by atoms with Gasteiger partial charge in [0.25, 0.3) is 0 Å². The van der Waals surface area contributed by atoms with Gasteiger partial charge in [0.2, 0.25) is 5.91 Å². The van der Waals surface area contributed by atoms with Crippen molar-refractivity contribution in [1.82, 2.24) is 4.90 Å². The molecule has 0 aliphatic carbocycles. The summed E-state index contributed by atoms with van der Waals surface area (Å²) in [5, 5.41) is 9.57. The van der Waals surface area contributed by atoms with Crippen LogP contribution in [0.3, 0.4) is 0 Å². The standard InChI is InChI=1S/C12H11Cl2NO3S/c1-6(16)15-9(12(17)18)5-19-11(15)10-7(13)3-2-4-8(10)14/h2-4,9,11H,5H2,1H3,(H,17,18). The maximum Gasteiger partial charge on any atom is 0.327 e. The number of hydrogen-bond acceptors (Lipinski definition) is 3. The minimum atomic E-state index is -1.02. The fourth-order valence-corrected chi connectivity index (χ4v) is 4.33. The number of amides is 1. The van der Waals surface area contributed by atoms with E-state index in [0.29, 0.717) is 21.4 Å². The van der Waals surface area contributed by atoms with Gasteiger partial charge in [-0.2, -0.15) is 0 Å². The first-order valence-corrected chi connectivity index (χ1v) is 7.31. The second-order valence-electron chi connectivity index (χ2n) is 4.10. The van der Waals surface area contributed by atoms with Crippen LogP contribution in [-0.2, 0) is 9.59 Å². The van der Waals surface area contributed by atoms with E-state index in [4.69, 9.17) is 28.3 Å². The van der Waals surface area contributed by atoms with Crippen molar-refractivity contribution < 1.29 is 14.7 Å². The number of nitrogens with zero attached hydrogens (tertiary/aromatic N) is 1. The van der Waals surface area contributed by atoms with Gasteiger partial charge in [0, 0.05) is 28.3 Å². The number of thioether (sulfide) groups is 1. The summed E-state index contributed by atoms with van der Waals surface area (Å²) < 4.78 is 0. The van der Waals surface area contributed by atoms with Gasteiger partial charge in [-0.25, -0.2) is 4.79 Å². The number of rotatable bonds is 2. The van der Waals surface area contributed by atoms with E-state index in [2.05, 4.69) is 0 Å². The van der Waals surface area contributed by atoms with Crippen molar-refractivity contribution in [2.24, 2.45) is 0 Å². The number of aliphatic carboxylic acids is 1. The minimum absolute atomic E-state index is 0.307. The van der Waals surface area contributed by atoms with E-state index in [9.17, 15) is 9.59 Å². The Labute approximate surface area is 124 Å². The van der Waals surface area contributed by atoms with Crippen molar-refractivity contribution >= 4 is 46.8 Å². The predicted octanol–water partition coefficient (Wildman–Crippen LogP) is 3.04. The highest BCUT2D eigenvalue weighted by Gasteiger charge is 2.42. The zero-order valence-electron chi connectivity index (χ0n) is 9.97. The molecule has 102 valence electrons. The molecule has 1 aromatic carbocycles. The van der Waals surface area contributed by atoms with Gasteiger partial charge >= 0.3 is 5.97 Å². The summed E-state index contributed by atoms with van der Waals surface area (Å²) in [5.74, 6) is -1.01. The van der Waals surface area contributed by atoms with Crippen molar-refractivity contribution in [3.05, 3.63) is 33.8 Å². The second kappa shape index (κ2) is 5.61. The molecular formula is C12H11Cl2NO3S. The number of carboxylic acid groups (broad SMARTS) is 1. The fourth-order valence-electron chi connectivity index (χ4n) is 2.05. The van der Waals surface area contributed by atoms with E-state index >= 15 is 0 Å². The summed E-state index contributed by atoms with van der Waals surface area (Å²) in [7, 11) is 0. The molecule has 0 radical (unpaired) electrons. The molecule has 2 unspecified atom stereocenters. The zero-order valence-corrected chi connectivity index (χ0v) is 12.3. The first-order chi connectivity index (χ1) is 8.93. The van der Waals surface area contributed by atoms with Crippen LogP contribution in [0.25, 0.3) is 0 Å². The molecule has 0 spiro atoms. The number of carbonyl (C=O) groups is 2. The predicted molar refractivity (Wildman–Crippen MR) is 75.6 cm³/mol. The molecule has 1 N–H and O–H groups in total. The van der Waals surface area contributed by atoms with E-state index in [1.54, 1.807) is 18.2 Å². The Morgan fingerprint density at radius 3 is 2.42 bits per heavy atom. The number of carboxylic acids is 1. The minimum Gasteiger partial charge on any atom is -0.480 e. The van der Waals surface area contributed by atoms with E-state index < -0.39 is 17.4 Å².